The lowest BCUT2D eigenvalue weighted by molar-refractivity contribution is -0.313. The number of nitrogens with one attached hydrogen (secondary N) is 2. The number of esters is 1. The molecule has 6 atom stereocenters. The number of aromatic nitrogens is 1. The van der Waals surface area contributed by atoms with Crippen molar-refractivity contribution < 1.29 is 34.7 Å². The summed E-state index contributed by atoms with van der Waals surface area (Å²) < 4.78 is 11.2. The molecule has 9 heteroatoms. The number of aliphatic hydroxyl groups is 4. The standard InChI is InChI=1S/C28H30N2O7/c1-2-29-18-9-10-27(34,13-18)28(35)25(32)23(31)24(37-28)26(33)36-21-14-30-20-8-7-17-11-15-5-3-4-6-16(15)12-19(17)22(20)21/h3-8,11-12,14,18,23-25,29-32,34-35H,2,9-10,13H2,1H3. The average Bonchev–Trinajstić information content (AvgIpc) is 3.55. The maximum absolute atomic E-state index is 13.2. The van der Waals surface area contributed by atoms with Crippen LogP contribution in [0.5, 0.6) is 5.75 Å². The summed E-state index contributed by atoms with van der Waals surface area (Å²) in [6, 6.07) is 15.8. The first kappa shape index (κ1) is 24.3. The Morgan fingerprint density at radius 3 is 2.65 bits per heavy atom. The number of hydrogen-bond donors (Lipinski definition) is 6. The van der Waals surface area contributed by atoms with Crippen LogP contribution in [-0.2, 0) is 9.53 Å². The number of rotatable bonds is 5. The molecule has 1 saturated carbocycles. The van der Waals surface area contributed by atoms with Gasteiger partial charge in [0.25, 0.3) is 0 Å². The van der Waals surface area contributed by atoms with Gasteiger partial charge in [-0.15, -0.1) is 0 Å². The summed E-state index contributed by atoms with van der Waals surface area (Å²) in [4.78, 5) is 16.3. The molecular formula is C28H30N2O7. The number of fused-ring (bicyclic) bond motifs is 4. The fourth-order valence-corrected chi connectivity index (χ4v) is 5.98. The maximum Gasteiger partial charge on any atom is 0.343 e. The molecule has 9 nitrogen and oxygen atoms in total. The van der Waals surface area contributed by atoms with Gasteiger partial charge in [0.1, 0.15) is 17.8 Å². The van der Waals surface area contributed by atoms with E-state index in [0.29, 0.717) is 18.4 Å². The number of ether oxygens (including phenoxy) is 2. The van der Waals surface area contributed by atoms with E-state index in [-0.39, 0.29) is 24.6 Å². The second kappa shape index (κ2) is 8.76. The van der Waals surface area contributed by atoms with Crippen molar-refractivity contribution in [3.63, 3.8) is 0 Å². The molecule has 6 N–H and O–H groups in total. The molecule has 1 aromatic heterocycles. The molecule has 0 bridgehead atoms. The third-order valence-electron chi connectivity index (χ3n) is 7.93. The Kier molecular flexibility index (Phi) is 5.76. The first-order chi connectivity index (χ1) is 17.7. The van der Waals surface area contributed by atoms with Gasteiger partial charge in [-0.05, 0) is 65.6 Å². The topological polar surface area (TPSA) is 144 Å². The van der Waals surface area contributed by atoms with Gasteiger partial charge in [0.15, 0.2) is 11.9 Å². The molecule has 3 aromatic carbocycles. The molecule has 0 radical (unpaired) electrons. The molecule has 2 aliphatic rings. The zero-order valence-corrected chi connectivity index (χ0v) is 20.3. The Morgan fingerprint density at radius 1 is 1.14 bits per heavy atom. The van der Waals surface area contributed by atoms with Crippen LogP contribution in [0.2, 0.25) is 0 Å². The SMILES string of the molecule is CCNC1CCC(O)(C2(O)OC(C(=O)Oc3c[nH]c4ccc5cc6ccccc6cc5c34)C(O)C2O)C1. The summed E-state index contributed by atoms with van der Waals surface area (Å²) in [5, 5.41) is 51.6. The number of aromatic amines is 1. The first-order valence-electron chi connectivity index (χ1n) is 12.6. The van der Waals surface area contributed by atoms with Gasteiger partial charge in [-0.25, -0.2) is 4.79 Å². The minimum atomic E-state index is -2.52. The molecule has 0 spiro atoms. The highest BCUT2D eigenvalue weighted by Gasteiger charge is 2.67. The van der Waals surface area contributed by atoms with Crippen LogP contribution in [0, 0.1) is 0 Å². The van der Waals surface area contributed by atoms with Gasteiger partial charge in [0.05, 0.1) is 5.39 Å². The van der Waals surface area contributed by atoms with E-state index in [4.69, 9.17) is 9.47 Å². The third-order valence-corrected chi connectivity index (χ3v) is 7.93. The zero-order valence-electron chi connectivity index (χ0n) is 20.3. The lowest BCUT2D eigenvalue weighted by Crippen LogP contribution is -2.60. The van der Waals surface area contributed by atoms with Crippen LogP contribution in [0.4, 0.5) is 0 Å². The van der Waals surface area contributed by atoms with Gasteiger partial charge in [-0.2, -0.15) is 0 Å². The Morgan fingerprint density at radius 2 is 1.89 bits per heavy atom. The van der Waals surface area contributed by atoms with E-state index in [0.717, 1.165) is 27.1 Å². The molecule has 194 valence electrons. The Bertz CT molecular complexity index is 1500. The fraction of sp³-hybridized carbons (Fsp3) is 0.393. The summed E-state index contributed by atoms with van der Waals surface area (Å²) in [5.41, 5.74) is -1.09. The van der Waals surface area contributed by atoms with Crippen molar-refractivity contribution in [2.75, 3.05) is 6.54 Å². The second-order valence-corrected chi connectivity index (χ2v) is 10.2. The summed E-state index contributed by atoms with van der Waals surface area (Å²) in [7, 11) is 0. The predicted octanol–water partition coefficient (Wildman–Crippen LogP) is 2.08. The highest BCUT2D eigenvalue weighted by atomic mass is 16.7. The maximum atomic E-state index is 13.2. The van der Waals surface area contributed by atoms with E-state index in [2.05, 4.69) is 16.4 Å². The van der Waals surface area contributed by atoms with Crippen LogP contribution in [-0.4, -0.2) is 73.7 Å². The van der Waals surface area contributed by atoms with Gasteiger partial charge in [-0.1, -0.05) is 37.3 Å². The van der Waals surface area contributed by atoms with Gasteiger partial charge in [0, 0.05) is 17.8 Å². The molecule has 2 heterocycles. The van der Waals surface area contributed by atoms with E-state index in [1.54, 1.807) is 6.20 Å². The molecule has 6 rings (SSSR count). The minimum Gasteiger partial charge on any atom is -0.422 e. The number of aliphatic hydroxyl groups excluding tert-OH is 2. The van der Waals surface area contributed by atoms with Crippen molar-refractivity contribution in [2.24, 2.45) is 0 Å². The quantitative estimate of drug-likeness (QED) is 0.178. The van der Waals surface area contributed by atoms with Gasteiger partial charge >= 0.3 is 5.97 Å². The van der Waals surface area contributed by atoms with Crippen molar-refractivity contribution in [1.29, 1.82) is 0 Å². The normalized spacial score (nSPS) is 32.0. The van der Waals surface area contributed by atoms with Crippen LogP contribution < -0.4 is 10.1 Å². The highest BCUT2D eigenvalue weighted by molar-refractivity contribution is 6.14. The van der Waals surface area contributed by atoms with Gasteiger partial charge in [-0.3, -0.25) is 0 Å². The first-order valence-corrected chi connectivity index (χ1v) is 12.6. The van der Waals surface area contributed by atoms with Crippen molar-refractivity contribution in [1.82, 2.24) is 10.3 Å². The molecular weight excluding hydrogens is 476 g/mol. The third kappa shape index (κ3) is 3.73. The summed E-state index contributed by atoms with van der Waals surface area (Å²) in [5.74, 6) is -3.27. The van der Waals surface area contributed by atoms with Crippen LogP contribution in [0.15, 0.2) is 54.7 Å². The van der Waals surface area contributed by atoms with Crippen molar-refractivity contribution in [2.45, 2.75) is 61.9 Å². The van der Waals surface area contributed by atoms with Gasteiger partial charge < -0.3 is 40.2 Å². The van der Waals surface area contributed by atoms with Crippen LogP contribution in [0.25, 0.3) is 32.4 Å². The van der Waals surface area contributed by atoms with E-state index < -0.39 is 35.7 Å². The van der Waals surface area contributed by atoms with Gasteiger partial charge in [0.2, 0.25) is 5.79 Å². The summed E-state index contributed by atoms with van der Waals surface area (Å²) >= 11 is 0. The Balaban J connectivity index is 1.30. The minimum absolute atomic E-state index is 0.0893. The molecule has 1 saturated heterocycles. The molecule has 0 amide bonds. The Hall–Kier alpha value is -3.05. The summed E-state index contributed by atoms with van der Waals surface area (Å²) in [6.07, 6.45) is -3.04. The van der Waals surface area contributed by atoms with E-state index in [1.165, 1.54) is 0 Å². The molecule has 1 aliphatic carbocycles. The van der Waals surface area contributed by atoms with Crippen LogP contribution in [0.1, 0.15) is 26.2 Å². The molecule has 2 fully saturated rings. The largest absolute Gasteiger partial charge is 0.422 e. The van der Waals surface area contributed by atoms with E-state index in [9.17, 15) is 25.2 Å². The lowest BCUT2D eigenvalue weighted by atomic mass is 9.86. The number of H-pyrrole nitrogens is 1. The van der Waals surface area contributed by atoms with Crippen molar-refractivity contribution in [3.8, 4) is 5.75 Å². The zero-order chi connectivity index (χ0) is 25.9. The molecule has 37 heavy (non-hydrogen) atoms. The molecule has 6 unspecified atom stereocenters. The number of carbonyl (C=O) groups excluding carboxylic acids is 1. The average molecular weight is 507 g/mol. The number of benzene rings is 3. The molecule has 4 aromatic rings. The van der Waals surface area contributed by atoms with Crippen molar-refractivity contribution in [3.05, 3.63) is 54.7 Å². The predicted molar refractivity (Wildman–Crippen MR) is 137 cm³/mol. The Labute approximate surface area is 212 Å². The van der Waals surface area contributed by atoms with Crippen LogP contribution >= 0.6 is 0 Å². The smallest absolute Gasteiger partial charge is 0.343 e. The highest BCUT2D eigenvalue weighted by Crippen LogP contribution is 2.46. The van der Waals surface area contributed by atoms with Crippen LogP contribution in [0.3, 0.4) is 0 Å². The van der Waals surface area contributed by atoms with E-state index in [1.807, 2.05) is 49.4 Å². The second-order valence-electron chi connectivity index (χ2n) is 10.2. The van der Waals surface area contributed by atoms with Crippen molar-refractivity contribution >= 4 is 38.4 Å². The summed E-state index contributed by atoms with van der Waals surface area (Å²) in [6.45, 7) is 2.61. The van der Waals surface area contributed by atoms with E-state index >= 15 is 0 Å². The number of hydrogen-bond acceptors (Lipinski definition) is 8. The fourth-order valence-electron chi connectivity index (χ4n) is 5.98. The number of carbonyl (C=O) groups is 1. The lowest BCUT2D eigenvalue weighted by Gasteiger charge is -2.39. The molecule has 1 aliphatic heterocycles. The monoisotopic (exact) mass is 506 g/mol.